The minimum Gasteiger partial charge on any atom is -0.487 e. The summed E-state index contributed by atoms with van der Waals surface area (Å²) in [5.41, 5.74) is 6.81. The van der Waals surface area contributed by atoms with Crippen LogP contribution in [0.4, 0.5) is 0 Å². The van der Waals surface area contributed by atoms with Crippen LogP contribution in [0, 0.1) is 0 Å². The van der Waals surface area contributed by atoms with Crippen LogP contribution < -0.4 is 10.5 Å². The number of likely N-dealkylation sites (N-methyl/N-ethyl adjacent to an activating group) is 1. The summed E-state index contributed by atoms with van der Waals surface area (Å²) in [6, 6.07) is 6.31. The number of benzene rings is 1. The average molecular weight is 299 g/mol. The predicted octanol–water partition coefficient (Wildman–Crippen LogP) is 2.03. The Morgan fingerprint density at radius 2 is 2.24 bits per heavy atom. The van der Waals surface area contributed by atoms with Gasteiger partial charge in [-0.1, -0.05) is 6.07 Å². The maximum Gasteiger partial charge on any atom is 0.134 e. The minimum absolute atomic E-state index is 0.339. The number of nitrogens with zero attached hydrogens (tertiary/aromatic N) is 1. The van der Waals surface area contributed by atoms with E-state index in [1.165, 1.54) is 5.56 Å². The van der Waals surface area contributed by atoms with Gasteiger partial charge in [-0.05, 0) is 60.1 Å². The zero-order valence-electron chi connectivity index (χ0n) is 10.2. The van der Waals surface area contributed by atoms with Gasteiger partial charge in [0.1, 0.15) is 11.9 Å². The highest BCUT2D eigenvalue weighted by Crippen LogP contribution is 2.28. The van der Waals surface area contributed by atoms with Crippen LogP contribution in [0.3, 0.4) is 0 Å². The molecule has 0 aliphatic carbocycles. The fraction of sp³-hybridized carbons (Fsp3) is 0.538. The number of hydrogen-bond donors (Lipinski definition) is 1. The normalized spacial score (nSPS) is 16.9. The monoisotopic (exact) mass is 298 g/mol. The van der Waals surface area contributed by atoms with Gasteiger partial charge in [0.05, 0.1) is 4.47 Å². The average Bonchev–Trinajstić information content (AvgIpc) is 2.27. The predicted molar refractivity (Wildman–Crippen MR) is 73.4 cm³/mol. The van der Waals surface area contributed by atoms with Gasteiger partial charge in [-0.25, -0.2) is 0 Å². The second-order valence-corrected chi connectivity index (χ2v) is 5.47. The lowest BCUT2D eigenvalue weighted by Gasteiger charge is -2.36. The molecule has 1 aromatic carbocycles. The first-order chi connectivity index (χ1) is 8.19. The molecule has 3 nitrogen and oxygen atoms in total. The Morgan fingerprint density at radius 1 is 1.47 bits per heavy atom. The van der Waals surface area contributed by atoms with Crippen LogP contribution in [0.25, 0.3) is 0 Å². The van der Waals surface area contributed by atoms with Gasteiger partial charge in [-0.2, -0.15) is 0 Å². The van der Waals surface area contributed by atoms with Crippen molar-refractivity contribution in [3.8, 4) is 5.75 Å². The molecule has 2 rings (SSSR count). The lowest BCUT2D eigenvalue weighted by Crippen LogP contribution is -2.51. The zero-order chi connectivity index (χ0) is 12.3. The summed E-state index contributed by atoms with van der Waals surface area (Å²) in [7, 11) is 2.10. The van der Waals surface area contributed by atoms with Gasteiger partial charge in [0.15, 0.2) is 0 Å². The first-order valence-electron chi connectivity index (χ1n) is 6.02. The molecule has 1 heterocycles. The van der Waals surface area contributed by atoms with E-state index in [-0.39, 0.29) is 0 Å². The summed E-state index contributed by atoms with van der Waals surface area (Å²) < 4.78 is 6.94. The maximum absolute atomic E-state index is 5.90. The Kier molecular flexibility index (Phi) is 4.42. The number of likely N-dealkylation sites (tertiary alicyclic amines) is 1. The van der Waals surface area contributed by atoms with Gasteiger partial charge in [-0.15, -0.1) is 0 Å². The molecule has 4 heteroatoms. The highest BCUT2D eigenvalue weighted by atomic mass is 79.9. The molecular weight excluding hydrogens is 280 g/mol. The molecule has 1 aromatic rings. The van der Waals surface area contributed by atoms with Crippen LogP contribution in [0.1, 0.15) is 12.0 Å². The van der Waals surface area contributed by atoms with Crippen molar-refractivity contribution >= 4 is 15.9 Å². The van der Waals surface area contributed by atoms with E-state index >= 15 is 0 Å². The van der Waals surface area contributed by atoms with Crippen molar-refractivity contribution < 1.29 is 4.74 Å². The van der Waals surface area contributed by atoms with Gasteiger partial charge in [-0.3, -0.25) is 4.90 Å². The number of halogens is 1. The molecule has 0 aromatic heterocycles. The van der Waals surface area contributed by atoms with Crippen molar-refractivity contribution in [3.05, 3.63) is 28.2 Å². The van der Waals surface area contributed by atoms with Crippen LogP contribution in [0.5, 0.6) is 5.75 Å². The highest BCUT2D eigenvalue weighted by Gasteiger charge is 2.25. The molecule has 1 aliphatic rings. The summed E-state index contributed by atoms with van der Waals surface area (Å²) in [4.78, 5) is 2.24. The number of ether oxygens (including phenoxy) is 1. The molecule has 0 spiro atoms. The first kappa shape index (κ1) is 12.9. The first-order valence-corrected chi connectivity index (χ1v) is 6.82. The molecule has 94 valence electrons. The lowest BCUT2D eigenvalue weighted by molar-refractivity contribution is 0.0383. The molecule has 0 saturated carbocycles. The van der Waals surface area contributed by atoms with E-state index in [1.807, 2.05) is 6.07 Å². The summed E-state index contributed by atoms with van der Waals surface area (Å²) >= 11 is 3.57. The number of rotatable bonds is 5. The molecule has 17 heavy (non-hydrogen) atoms. The summed E-state index contributed by atoms with van der Waals surface area (Å²) in [6.45, 7) is 2.77. The van der Waals surface area contributed by atoms with E-state index in [0.29, 0.717) is 6.10 Å². The van der Waals surface area contributed by atoms with E-state index in [4.69, 9.17) is 10.5 Å². The molecule has 0 bridgehead atoms. The third-order valence-corrected chi connectivity index (χ3v) is 3.61. The molecular formula is C13H19BrN2O. The molecule has 0 unspecified atom stereocenters. The Balaban J connectivity index is 1.94. The quantitative estimate of drug-likeness (QED) is 0.904. The second-order valence-electron chi connectivity index (χ2n) is 4.62. The van der Waals surface area contributed by atoms with Crippen molar-refractivity contribution in [1.29, 1.82) is 0 Å². The minimum atomic E-state index is 0.339. The summed E-state index contributed by atoms with van der Waals surface area (Å²) in [6.07, 6.45) is 2.40. The van der Waals surface area contributed by atoms with Crippen molar-refractivity contribution in [1.82, 2.24) is 4.90 Å². The van der Waals surface area contributed by atoms with Gasteiger partial charge in [0.25, 0.3) is 0 Å². The van der Waals surface area contributed by atoms with Crippen LogP contribution in [0.15, 0.2) is 22.7 Å². The molecule has 0 atom stereocenters. The standard InChI is InChI=1S/C13H19BrN2O/c1-16-8-11(9-16)17-13-5-4-10(3-2-6-15)7-12(13)14/h4-5,7,11H,2-3,6,8-9,15H2,1H3. The Labute approximate surface area is 111 Å². The summed E-state index contributed by atoms with van der Waals surface area (Å²) in [5, 5.41) is 0. The lowest BCUT2D eigenvalue weighted by atomic mass is 10.1. The van der Waals surface area contributed by atoms with Crippen LogP contribution in [0.2, 0.25) is 0 Å². The number of nitrogens with two attached hydrogens (primary N) is 1. The van der Waals surface area contributed by atoms with E-state index < -0.39 is 0 Å². The topological polar surface area (TPSA) is 38.5 Å². The van der Waals surface area contributed by atoms with Gasteiger partial charge < -0.3 is 10.5 Å². The van der Waals surface area contributed by atoms with Crippen molar-refractivity contribution in [2.45, 2.75) is 18.9 Å². The Bertz CT molecular complexity index is 378. The van der Waals surface area contributed by atoms with Crippen molar-refractivity contribution in [3.63, 3.8) is 0 Å². The van der Waals surface area contributed by atoms with Crippen LogP contribution in [-0.4, -0.2) is 37.7 Å². The SMILES string of the molecule is CN1CC(Oc2ccc(CCCN)cc2Br)C1. The second kappa shape index (κ2) is 5.85. The highest BCUT2D eigenvalue weighted by molar-refractivity contribution is 9.10. The fourth-order valence-corrected chi connectivity index (χ4v) is 2.52. The van der Waals surface area contributed by atoms with E-state index in [9.17, 15) is 0 Å². The zero-order valence-corrected chi connectivity index (χ0v) is 11.7. The number of hydrogen-bond acceptors (Lipinski definition) is 3. The van der Waals surface area contributed by atoms with E-state index in [0.717, 1.165) is 42.7 Å². The summed E-state index contributed by atoms with van der Waals surface area (Å²) in [5.74, 6) is 0.944. The largest absolute Gasteiger partial charge is 0.487 e. The molecule has 0 radical (unpaired) electrons. The van der Waals surface area contributed by atoms with Crippen molar-refractivity contribution in [2.75, 3.05) is 26.7 Å². The van der Waals surface area contributed by atoms with Crippen LogP contribution in [-0.2, 0) is 6.42 Å². The van der Waals surface area contributed by atoms with Crippen LogP contribution >= 0.6 is 15.9 Å². The molecule has 0 amide bonds. The molecule has 1 fully saturated rings. The Hall–Kier alpha value is -0.580. The molecule has 2 N–H and O–H groups in total. The fourth-order valence-electron chi connectivity index (χ4n) is 2.00. The third-order valence-electron chi connectivity index (χ3n) is 2.99. The van der Waals surface area contributed by atoms with Crippen molar-refractivity contribution in [2.24, 2.45) is 5.73 Å². The maximum atomic E-state index is 5.90. The molecule has 1 aliphatic heterocycles. The van der Waals surface area contributed by atoms with E-state index in [1.54, 1.807) is 0 Å². The number of aryl methyl sites for hydroxylation is 1. The molecule has 1 saturated heterocycles. The Morgan fingerprint density at radius 3 is 2.82 bits per heavy atom. The van der Waals surface area contributed by atoms with Gasteiger partial charge in [0, 0.05) is 13.1 Å². The smallest absolute Gasteiger partial charge is 0.134 e. The van der Waals surface area contributed by atoms with Gasteiger partial charge >= 0.3 is 0 Å². The van der Waals surface area contributed by atoms with Gasteiger partial charge in [0.2, 0.25) is 0 Å². The van der Waals surface area contributed by atoms with E-state index in [2.05, 4.69) is 40.0 Å². The third kappa shape index (κ3) is 3.44.